The van der Waals surface area contributed by atoms with E-state index in [0.717, 1.165) is 5.56 Å². The number of nitrogens with zero attached hydrogens (tertiary/aromatic N) is 2. The summed E-state index contributed by atoms with van der Waals surface area (Å²) >= 11 is 0. The van der Waals surface area contributed by atoms with Crippen LogP contribution < -0.4 is 0 Å². The quantitative estimate of drug-likeness (QED) is 0.791. The minimum absolute atomic E-state index is 0.0101. The standard InChI is InChI=1S/C15H19FN2O3/c16-13-3-1-12(2-4-13)14-11-21-10-7-18(14)15(19)17-5-8-20-9-6-17/h1-4,14H,5-11H2. The zero-order valence-electron chi connectivity index (χ0n) is 11.8. The highest BCUT2D eigenvalue weighted by atomic mass is 19.1. The first-order valence-electron chi connectivity index (χ1n) is 7.22. The Balaban J connectivity index is 1.77. The molecule has 0 aromatic heterocycles. The van der Waals surface area contributed by atoms with E-state index in [1.807, 2.05) is 9.80 Å². The van der Waals surface area contributed by atoms with Gasteiger partial charge >= 0.3 is 6.03 Å². The van der Waals surface area contributed by atoms with Gasteiger partial charge in [-0.25, -0.2) is 9.18 Å². The van der Waals surface area contributed by atoms with Gasteiger partial charge in [-0.05, 0) is 17.7 Å². The molecule has 0 aliphatic carbocycles. The molecular weight excluding hydrogens is 275 g/mol. The molecule has 5 nitrogen and oxygen atoms in total. The molecule has 0 spiro atoms. The van der Waals surface area contributed by atoms with Crippen molar-refractivity contribution < 1.29 is 18.7 Å². The molecule has 1 aromatic rings. The number of ether oxygens (including phenoxy) is 2. The van der Waals surface area contributed by atoms with Gasteiger partial charge in [0.1, 0.15) is 5.82 Å². The van der Waals surface area contributed by atoms with Crippen LogP contribution in [-0.4, -0.2) is 61.9 Å². The molecule has 2 fully saturated rings. The lowest BCUT2D eigenvalue weighted by molar-refractivity contribution is -0.00912. The van der Waals surface area contributed by atoms with E-state index in [-0.39, 0.29) is 17.9 Å². The number of halogens is 1. The van der Waals surface area contributed by atoms with E-state index in [9.17, 15) is 9.18 Å². The summed E-state index contributed by atoms with van der Waals surface area (Å²) in [5.74, 6) is -0.276. The monoisotopic (exact) mass is 294 g/mol. The van der Waals surface area contributed by atoms with Crippen LogP contribution in [-0.2, 0) is 9.47 Å². The number of benzene rings is 1. The van der Waals surface area contributed by atoms with E-state index in [2.05, 4.69) is 0 Å². The molecule has 1 aromatic carbocycles. The van der Waals surface area contributed by atoms with E-state index < -0.39 is 0 Å². The Hall–Kier alpha value is -1.66. The van der Waals surface area contributed by atoms with Crippen LogP contribution in [0.3, 0.4) is 0 Å². The average molecular weight is 294 g/mol. The molecule has 2 aliphatic rings. The van der Waals surface area contributed by atoms with Gasteiger partial charge in [-0.3, -0.25) is 0 Å². The maximum Gasteiger partial charge on any atom is 0.320 e. The summed E-state index contributed by atoms with van der Waals surface area (Å²) < 4.78 is 23.9. The van der Waals surface area contributed by atoms with Crippen LogP contribution in [0.5, 0.6) is 0 Å². The Morgan fingerprint density at radius 1 is 1.05 bits per heavy atom. The number of amides is 2. The van der Waals surface area contributed by atoms with Crippen molar-refractivity contribution >= 4 is 6.03 Å². The minimum Gasteiger partial charge on any atom is -0.378 e. The third kappa shape index (κ3) is 3.16. The Morgan fingerprint density at radius 2 is 1.71 bits per heavy atom. The molecule has 3 rings (SSSR count). The SMILES string of the molecule is O=C(N1CCOCC1)N1CCOCC1c1ccc(F)cc1. The lowest BCUT2D eigenvalue weighted by atomic mass is 10.1. The minimum atomic E-state index is -0.276. The van der Waals surface area contributed by atoms with Crippen molar-refractivity contribution in [3.63, 3.8) is 0 Å². The Kier molecular flexibility index (Phi) is 4.36. The summed E-state index contributed by atoms with van der Waals surface area (Å²) in [5.41, 5.74) is 0.901. The van der Waals surface area contributed by atoms with Crippen LogP contribution in [0.15, 0.2) is 24.3 Å². The molecule has 2 amide bonds. The number of urea groups is 1. The van der Waals surface area contributed by atoms with E-state index in [4.69, 9.17) is 9.47 Å². The molecule has 2 heterocycles. The Bertz CT molecular complexity index is 488. The van der Waals surface area contributed by atoms with Gasteiger partial charge in [0.25, 0.3) is 0 Å². The van der Waals surface area contributed by atoms with E-state index in [0.29, 0.717) is 46.1 Å². The van der Waals surface area contributed by atoms with E-state index in [1.165, 1.54) is 12.1 Å². The topological polar surface area (TPSA) is 42.0 Å². The first-order chi connectivity index (χ1) is 10.3. The summed E-state index contributed by atoms with van der Waals surface area (Å²) in [7, 11) is 0. The zero-order valence-corrected chi connectivity index (χ0v) is 11.8. The predicted molar refractivity (Wildman–Crippen MR) is 74.5 cm³/mol. The third-order valence-corrected chi connectivity index (χ3v) is 3.91. The number of carbonyl (C=O) groups is 1. The highest BCUT2D eigenvalue weighted by Crippen LogP contribution is 2.25. The highest BCUT2D eigenvalue weighted by molar-refractivity contribution is 5.75. The molecule has 21 heavy (non-hydrogen) atoms. The van der Waals surface area contributed by atoms with Gasteiger partial charge in [0, 0.05) is 19.6 Å². The fourth-order valence-electron chi connectivity index (χ4n) is 2.73. The molecule has 2 aliphatic heterocycles. The maximum atomic E-state index is 13.1. The van der Waals surface area contributed by atoms with Gasteiger partial charge in [0.15, 0.2) is 0 Å². The first kappa shape index (κ1) is 14.3. The Labute approximate surface area is 123 Å². The Morgan fingerprint density at radius 3 is 2.43 bits per heavy atom. The van der Waals surface area contributed by atoms with Gasteiger partial charge in [0.05, 0.1) is 32.5 Å². The normalized spacial score (nSPS) is 23.2. The molecule has 0 N–H and O–H groups in total. The van der Waals surface area contributed by atoms with Gasteiger partial charge in [-0.1, -0.05) is 12.1 Å². The molecule has 0 radical (unpaired) electrons. The second-order valence-electron chi connectivity index (χ2n) is 5.22. The molecular formula is C15H19FN2O3. The van der Waals surface area contributed by atoms with Crippen molar-refractivity contribution in [3.8, 4) is 0 Å². The zero-order chi connectivity index (χ0) is 14.7. The van der Waals surface area contributed by atoms with Crippen LogP contribution in [0.25, 0.3) is 0 Å². The first-order valence-corrected chi connectivity index (χ1v) is 7.22. The van der Waals surface area contributed by atoms with E-state index >= 15 is 0 Å². The number of hydrogen-bond donors (Lipinski definition) is 0. The number of rotatable bonds is 1. The average Bonchev–Trinajstić information content (AvgIpc) is 2.56. The summed E-state index contributed by atoms with van der Waals surface area (Å²) in [6.07, 6.45) is 0. The van der Waals surface area contributed by atoms with Crippen molar-refractivity contribution in [1.82, 2.24) is 9.80 Å². The number of morpholine rings is 2. The summed E-state index contributed by atoms with van der Waals surface area (Å²) in [4.78, 5) is 16.3. The summed E-state index contributed by atoms with van der Waals surface area (Å²) in [5, 5.41) is 0. The molecule has 6 heteroatoms. The van der Waals surface area contributed by atoms with Crippen LogP contribution in [0.2, 0.25) is 0 Å². The number of carbonyl (C=O) groups excluding carboxylic acids is 1. The molecule has 114 valence electrons. The maximum absolute atomic E-state index is 13.1. The predicted octanol–water partition coefficient (Wildman–Crippen LogP) is 1.65. The fourth-order valence-corrected chi connectivity index (χ4v) is 2.73. The highest BCUT2D eigenvalue weighted by Gasteiger charge is 2.32. The van der Waals surface area contributed by atoms with Crippen molar-refractivity contribution in [2.24, 2.45) is 0 Å². The van der Waals surface area contributed by atoms with Gasteiger partial charge < -0.3 is 19.3 Å². The van der Waals surface area contributed by atoms with Crippen LogP contribution in [0.4, 0.5) is 9.18 Å². The molecule has 1 atom stereocenters. The van der Waals surface area contributed by atoms with Crippen molar-refractivity contribution in [3.05, 3.63) is 35.6 Å². The van der Waals surface area contributed by atoms with E-state index in [1.54, 1.807) is 12.1 Å². The molecule has 0 bridgehead atoms. The van der Waals surface area contributed by atoms with Gasteiger partial charge in [-0.2, -0.15) is 0 Å². The largest absolute Gasteiger partial charge is 0.378 e. The fraction of sp³-hybridized carbons (Fsp3) is 0.533. The summed E-state index contributed by atoms with van der Waals surface area (Å²) in [6, 6.07) is 6.12. The van der Waals surface area contributed by atoms with Crippen molar-refractivity contribution in [2.45, 2.75) is 6.04 Å². The number of hydrogen-bond acceptors (Lipinski definition) is 3. The van der Waals surface area contributed by atoms with Crippen LogP contribution in [0.1, 0.15) is 11.6 Å². The molecule has 2 saturated heterocycles. The lowest BCUT2D eigenvalue weighted by Gasteiger charge is -2.40. The second-order valence-corrected chi connectivity index (χ2v) is 5.22. The lowest BCUT2D eigenvalue weighted by Crippen LogP contribution is -2.52. The smallest absolute Gasteiger partial charge is 0.320 e. The van der Waals surface area contributed by atoms with Gasteiger partial charge in [0.2, 0.25) is 0 Å². The molecule has 0 saturated carbocycles. The van der Waals surface area contributed by atoms with Crippen LogP contribution >= 0.6 is 0 Å². The molecule has 1 unspecified atom stereocenters. The second kappa shape index (κ2) is 6.41. The van der Waals surface area contributed by atoms with Crippen molar-refractivity contribution in [2.75, 3.05) is 46.1 Å². The third-order valence-electron chi connectivity index (χ3n) is 3.91. The van der Waals surface area contributed by atoms with Crippen LogP contribution in [0, 0.1) is 5.82 Å². The van der Waals surface area contributed by atoms with Crippen molar-refractivity contribution in [1.29, 1.82) is 0 Å². The van der Waals surface area contributed by atoms with Gasteiger partial charge in [-0.15, -0.1) is 0 Å². The summed E-state index contributed by atoms with van der Waals surface area (Å²) in [6.45, 7) is 3.93.